The van der Waals surface area contributed by atoms with Crippen molar-refractivity contribution in [1.82, 2.24) is 15.1 Å². The van der Waals surface area contributed by atoms with E-state index in [4.69, 9.17) is 5.11 Å². The van der Waals surface area contributed by atoms with Crippen LogP contribution in [0.4, 0.5) is 4.79 Å². The molecule has 0 aromatic heterocycles. The highest BCUT2D eigenvalue weighted by Gasteiger charge is 2.45. The average Bonchev–Trinajstić information content (AvgIpc) is 2.56. The molecule has 0 radical (unpaired) electrons. The number of piperidine rings is 1. The van der Waals surface area contributed by atoms with E-state index < -0.39 is 6.09 Å². The molecule has 2 heterocycles. The quantitative estimate of drug-likeness (QED) is 0.883. The number of fused-ring (bicyclic) bond motifs is 2. The Bertz CT molecular complexity index is 624. The fourth-order valence-corrected chi connectivity index (χ4v) is 4.25. The number of carbonyl (C=O) groups is 2. The maximum atomic E-state index is 12.2. The largest absolute Gasteiger partial charge is 0.465 e. The molecule has 2 amide bonds. The van der Waals surface area contributed by atoms with Crippen molar-refractivity contribution in [2.45, 2.75) is 31.7 Å². The van der Waals surface area contributed by atoms with E-state index in [0.717, 1.165) is 38.9 Å². The van der Waals surface area contributed by atoms with Gasteiger partial charge >= 0.3 is 6.09 Å². The number of hydrogen-bond donors (Lipinski definition) is 2. The zero-order valence-corrected chi connectivity index (χ0v) is 14.1. The molecule has 3 rings (SSSR count). The highest BCUT2D eigenvalue weighted by atomic mass is 16.4. The molecule has 2 aliphatic heterocycles. The van der Waals surface area contributed by atoms with E-state index in [2.05, 4.69) is 39.4 Å². The van der Waals surface area contributed by atoms with Crippen LogP contribution in [0.3, 0.4) is 0 Å². The Balaban J connectivity index is 1.76. The number of amides is 2. The van der Waals surface area contributed by atoms with Gasteiger partial charge in [0.1, 0.15) is 0 Å². The molecule has 130 valence electrons. The lowest BCUT2D eigenvalue weighted by atomic mass is 9.74. The van der Waals surface area contributed by atoms with Crippen molar-refractivity contribution in [1.29, 1.82) is 0 Å². The topological polar surface area (TPSA) is 72.9 Å². The molecule has 0 bridgehead atoms. The Labute approximate surface area is 142 Å². The minimum atomic E-state index is -0.979. The summed E-state index contributed by atoms with van der Waals surface area (Å²) in [5, 5.41) is 11.1. The van der Waals surface area contributed by atoms with Gasteiger partial charge in [-0.2, -0.15) is 0 Å². The molecule has 6 heteroatoms. The van der Waals surface area contributed by atoms with Gasteiger partial charge in [0.15, 0.2) is 0 Å². The molecule has 2 aliphatic rings. The van der Waals surface area contributed by atoms with Crippen LogP contribution in [-0.4, -0.2) is 59.6 Å². The van der Waals surface area contributed by atoms with Crippen LogP contribution in [0, 0.1) is 0 Å². The second-order valence-corrected chi connectivity index (χ2v) is 6.68. The normalized spacial score (nSPS) is 19.8. The zero-order chi connectivity index (χ0) is 17.2. The lowest BCUT2D eigenvalue weighted by Crippen LogP contribution is -2.58. The van der Waals surface area contributed by atoms with Crippen molar-refractivity contribution >= 4 is 12.0 Å². The smallest absolute Gasteiger partial charge is 0.404 e. The van der Waals surface area contributed by atoms with Gasteiger partial charge in [-0.25, -0.2) is 4.79 Å². The highest BCUT2D eigenvalue weighted by Crippen LogP contribution is 2.43. The molecule has 1 aromatic carbocycles. The number of likely N-dealkylation sites (tertiary alicyclic amines) is 1. The second kappa shape index (κ2) is 6.81. The van der Waals surface area contributed by atoms with Crippen LogP contribution in [0.5, 0.6) is 0 Å². The number of hydrogen-bond acceptors (Lipinski definition) is 3. The molecule has 0 aliphatic carbocycles. The predicted octanol–water partition coefficient (Wildman–Crippen LogP) is 1.65. The molecular weight excluding hydrogens is 306 g/mol. The Morgan fingerprint density at radius 2 is 1.92 bits per heavy atom. The number of benzene rings is 1. The van der Waals surface area contributed by atoms with Gasteiger partial charge in [-0.3, -0.25) is 4.79 Å². The molecule has 1 spiro atoms. The lowest BCUT2D eigenvalue weighted by molar-refractivity contribution is -0.139. The van der Waals surface area contributed by atoms with Crippen LogP contribution < -0.4 is 5.32 Å². The van der Waals surface area contributed by atoms with Crippen LogP contribution in [0.15, 0.2) is 24.3 Å². The molecule has 6 nitrogen and oxygen atoms in total. The summed E-state index contributed by atoms with van der Waals surface area (Å²) in [6.45, 7) is 5.35. The van der Waals surface area contributed by atoms with Gasteiger partial charge in [-0.1, -0.05) is 24.3 Å². The monoisotopic (exact) mass is 331 g/mol. The van der Waals surface area contributed by atoms with E-state index in [1.807, 2.05) is 0 Å². The molecular formula is C18H25N3O3. The minimum Gasteiger partial charge on any atom is -0.465 e. The van der Waals surface area contributed by atoms with Crippen LogP contribution in [0.25, 0.3) is 0 Å². The summed E-state index contributed by atoms with van der Waals surface area (Å²) < 4.78 is 0. The van der Waals surface area contributed by atoms with Crippen molar-refractivity contribution in [3.63, 3.8) is 0 Å². The molecule has 24 heavy (non-hydrogen) atoms. The van der Waals surface area contributed by atoms with E-state index in [-0.39, 0.29) is 11.4 Å². The van der Waals surface area contributed by atoms with Gasteiger partial charge in [0, 0.05) is 39.6 Å². The van der Waals surface area contributed by atoms with Crippen molar-refractivity contribution in [3.05, 3.63) is 35.4 Å². The maximum Gasteiger partial charge on any atom is 0.404 e. The highest BCUT2D eigenvalue weighted by molar-refractivity contribution is 5.75. The third-order valence-corrected chi connectivity index (χ3v) is 5.41. The van der Waals surface area contributed by atoms with Gasteiger partial charge in [0.2, 0.25) is 5.91 Å². The Hall–Kier alpha value is -2.08. The van der Waals surface area contributed by atoms with Crippen molar-refractivity contribution in [3.8, 4) is 0 Å². The Kier molecular flexibility index (Phi) is 4.76. The van der Waals surface area contributed by atoms with Crippen molar-refractivity contribution in [2.75, 3.05) is 32.7 Å². The van der Waals surface area contributed by atoms with E-state index >= 15 is 0 Å². The van der Waals surface area contributed by atoms with Gasteiger partial charge in [0.05, 0.1) is 5.54 Å². The summed E-state index contributed by atoms with van der Waals surface area (Å²) in [4.78, 5) is 27.1. The summed E-state index contributed by atoms with van der Waals surface area (Å²) in [7, 11) is 0. The molecule has 0 atom stereocenters. The van der Waals surface area contributed by atoms with E-state index in [0.29, 0.717) is 13.1 Å². The fraction of sp³-hybridized carbons (Fsp3) is 0.556. The van der Waals surface area contributed by atoms with Crippen molar-refractivity contribution in [2.24, 2.45) is 0 Å². The number of carbonyl (C=O) groups excluding carboxylic acids is 1. The van der Waals surface area contributed by atoms with Crippen LogP contribution in [-0.2, 0) is 16.8 Å². The number of carboxylic acid groups (broad SMARTS) is 1. The summed E-state index contributed by atoms with van der Waals surface area (Å²) >= 11 is 0. The standard InChI is InChI=1S/C18H25N3O3/c1-14(22)21-10-6-15-4-2-3-5-16(15)18(21)7-11-20(12-8-18)13-9-19-17(23)24/h2-5,19H,6-13H2,1H3,(H,23,24). The van der Waals surface area contributed by atoms with Crippen LogP contribution in [0.1, 0.15) is 30.9 Å². The summed E-state index contributed by atoms with van der Waals surface area (Å²) in [6, 6.07) is 8.49. The zero-order valence-electron chi connectivity index (χ0n) is 14.1. The lowest BCUT2D eigenvalue weighted by Gasteiger charge is -2.52. The molecule has 1 saturated heterocycles. The van der Waals surface area contributed by atoms with Crippen molar-refractivity contribution < 1.29 is 14.7 Å². The first-order chi connectivity index (χ1) is 11.5. The Morgan fingerprint density at radius 1 is 1.21 bits per heavy atom. The molecule has 1 fully saturated rings. The van der Waals surface area contributed by atoms with Crippen LogP contribution >= 0.6 is 0 Å². The SMILES string of the molecule is CC(=O)N1CCc2ccccc2C12CCN(CCNC(=O)O)CC2. The minimum absolute atomic E-state index is 0.144. The molecule has 0 unspecified atom stereocenters. The summed E-state index contributed by atoms with van der Waals surface area (Å²) in [6.07, 6.45) is 1.74. The molecule has 1 aromatic rings. The molecule has 0 saturated carbocycles. The number of rotatable bonds is 3. The van der Waals surface area contributed by atoms with E-state index in [1.54, 1.807) is 6.92 Å². The Morgan fingerprint density at radius 3 is 2.58 bits per heavy atom. The second-order valence-electron chi connectivity index (χ2n) is 6.68. The summed E-state index contributed by atoms with van der Waals surface area (Å²) in [5.74, 6) is 0.144. The van der Waals surface area contributed by atoms with Gasteiger partial charge < -0.3 is 20.2 Å². The first kappa shape index (κ1) is 16.8. The first-order valence-corrected chi connectivity index (χ1v) is 8.59. The third kappa shape index (κ3) is 3.11. The van der Waals surface area contributed by atoms with E-state index in [9.17, 15) is 9.59 Å². The number of nitrogens with zero attached hydrogens (tertiary/aromatic N) is 2. The van der Waals surface area contributed by atoms with Gasteiger partial charge in [-0.15, -0.1) is 0 Å². The van der Waals surface area contributed by atoms with Crippen LogP contribution in [0.2, 0.25) is 0 Å². The predicted molar refractivity (Wildman–Crippen MR) is 90.9 cm³/mol. The first-order valence-electron chi connectivity index (χ1n) is 8.59. The van der Waals surface area contributed by atoms with Gasteiger partial charge in [-0.05, 0) is 30.4 Å². The third-order valence-electron chi connectivity index (χ3n) is 5.41. The number of nitrogens with one attached hydrogen (secondary N) is 1. The maximum absolute atomic E-state index is 12.2. The van der Waals surface area contributed by atoms with Gasteiger partial charge in [0.25, 0.3) is 0 Å². The summed E-state index contributed by atoms with van der Waals surface area (Å²) in [5.41, 5.74) is 2.46. The van der Waals surface area contributed by atoms with E-state index in [1.165, 1.54) is 11.1 Å². The average molecular weight is 331 g/mol. The molecule has 2 N–H and O–H groups in total. The fourth-order valence-electron chi connectivity index (χ4n) is 4.25.